The maximum Gasteiger partial charge on any atom is 0.317 e. The summed E-state index contributed by atoms with van der Waals surface area (Å²) in [5.74, 6) is 0.217. The van der Waals surface area contributed by atoms with Gasteiger partial charge in [0.1, 0.15) is 0 Å². The van der Waals surface area contributed by atoms with Crippen LogP contribution < -0.4 is 5.32 Å². The third kappa shape index (κ3) is 3.42. The molecule has 112 valence electrons. The summed E-state index contributed by atoms with van der Waals surface area (Å²) in [4.78, 5) is 30.1. The molecule has 1 N–H and O–H groups in total. The van der Waals surface area contributed by atoms with Gasteiger partial charge in [0.15, 0.2) is 0 Å². The Labute approximate surface area is 120 Å². The lowest BCUT2D eigenvalue weighted by atomic mass is 10.3. The zero-order valence-corrected chi connectivity index (χ0v) is 12.0. The van der Waals surface area contributed by atoms with Crippen molar-refractivity contribution in [2.45, 2.75) is 31.7 Å². The highest BCUT2D eigenvalue weighted by atomic mass is 16.2. The second kappa shape index (κ2) is 5.99. The fourth-order valence-corrected chi connectivity index (χ4v) is 2.88. The molecule has 6 nitrogen and oxygen atoms in total. The summed E-state index contributed by atoms with van der Waals surface area (Å²) in [6.45, 7) is 5.31. The number of likely N-dealkylation sites (tertiary alicyclic amines) is 1. The molecule has 0 aromatic rings. The maximum absolute atomic E-state index is 12.2. The molecule has 0 unspecified atom stereocenters. The van der Waals surface area contributed by atoms with Gasteiger partial charge in [0.05, 0.1) is 6.54 Å². The molecule has 3 aliphatic rings. The molecular formula is C14H24N4O2. The summed E-state index contributed by atoms with van der Waals surface area (Å²) in [7, 11) is 0. The average Bonchev–Trinajstić information content (AvgIpc) is 3.12. The van der Waals surface area contributed by atoms with Crippen LogP contribution in [0.5, 0.6) is 0 Å². The third-order valence-corrected chi connectivity index (χ3v) is 4.38. The van der Waals surface area contributed by atoms with E-state index in [9.17, 15) is 9.59 Å². The van der Waals surface area contributed by atoms with E-state index in [-0.39, 0.29) is 11.9 Å². The Hall–Kier alpha value is -1.30. The molecule has 2 saturated heterocycles. The molecule has 0 spiro atoms. The number of piperazine rings is 1. The van der Waals surface area contributed by atoms with Gasteiger partial charge in [-0.1, -0.05) is 0 Å². The van der Waals surface area contributed by atoms with Gasteiger partial charge in [-0.3, -0.25) is 9.69 Å². The van der Waals surface area contributed by atoms with E-state index in [0.29, 0.717) is 38.8 Å². The number of nitrogens with zero attached hydrogens (tertiary/aromatic N) is 3. The van der Waals surface area contributed by atoms with Crippen molar-refractivity contribution < 1.29 is 9.59 Å². The molecule has 2 heterocycles. The monoisotopic (exact) mass is 280 g/mol. The van der Waals surface area contributed by atoms with Gasteiger partial charge in [-0.2, -0.15) is 0 Å². The highest BCUT2D eigenvalue weighted by molar-refractivity contribution is 5.79. The van der Waals surface area contributed by atoms with Gasteiger partial charge in [-0.25, -0.2) is 4.79 Å². The van der Waals surface area contributed by atoms with E-state index in [1.165, 1.54) is 12.8 Å². The summed E-state index contributed by atoms with van der Waals surface area (Å²) in [5, 5.41) is 3.00. The van der Waals surface area contributed by atoms with Gasteiger partial charge in [-0.05, 0) is 38.8 Å². The molecule has 3 amide bonds. The van der Waals surface area contributed by atoms with E-state index in [0.717, 1.165) is 25.9 Å². The Balaban J connectivity index is 1.40. The van der Waals surface area contributed by atoms with Crippen molar-refractivity contribution in [3.63, 3.8) is 0 Å². The SMILES string of the molecule is O=C(CN1CCCC1)N1CCN(C(=O)NC2CC2)CC1. The number of carbonyl (C=O) groups is 2. The normalized spacial score (nSPS) is 24.0. The molecule has 6 heteroatoms. The predicted octanol–water partition coefficient (Wildman–Crippen LogP) is 0.0984. The molecule has 0 aromatic heterocycles. The van der Waals surface area contributed by atoms with E-state index in [1.807, 2.05) is 9.80 Å². The fourth-order valence-electron chi connectivity index (χ4n) is 2.88. The number of amides is 3. The van der Waals surface area contributed by atoms with Crippen LogP contribution in [0.3, 0.4) is 0 Å². The number of hydrogen-bond donors (Lipinski definition) is 1. The van der Waals surface area contributed by atoms with E-state index in [1.54, 1.807) is 0 Å². The Morgan fingerprint density at radius 1 is 0.900 bits per heavy atom. The van der Waals surface area contributed by atoms with Crippen LogP contribution >= 0.6 is 0 Å². The molecule has 0 radical (unpaired) electrons. The molecule has 1 saturated carbocycles. The second-order valence-corrected chi connectivity index (χ2v) is 6.07. The highest BCUT2D eigenvalue weighted by Gasteiger charge is 2.29. The Morgan fingerprint density at radius 2 is 1.50 bits per heavy atom. The molecule has 0 atom stereocenters. The molecule has 3 fully saturated rings. The number of hydrogen-bond acceptors (Lipinski definition) is 3. The topological polar surface area (TPSA) is 55.9 Å². The maximum atomic E-state index is 12.2. The molecule has 3 rings (SSSR count). The lowest BCUT2D eigenvalue weighted by molar-refractivity contribution is -0.133. The van der Waals surface area contributed by atoms with E-state index < -0.39 is 0 Å². The number of rotatable bonds is 3. The van der Waals surface area contributed by atoms with Crippen molar-refractivity contribution in [2.24, 2.45) is 0 Å². The van der Waals surface area contributed by atoms with Gasteiger partial charge >= 0.3 is 6.03 Å². The van der Waals surface area contributed by atoms with E-state index in [4.69, 9.17) is 0 Å². The first kappa shape index (κ1) is 13.7. The first-order valence-corrected chi connectivity index (χ1v) is 7.78. The fraction of sp³-hybridized carbons (Fsp3) is 0.857. The minimum absolute atomic E-state index is 0.0409. The lowest BCUT2D eigenvalue weighted by Crippen LogP contribution is -2.54. The average molecular weight is 280 g/mol. The number of urea groups is 1. The number of nitrogens with one attached hydrogen (secondary N) is 1. The zero-order chi connectivity index (χ0) is 13.9. The lowest BCUT2D eigenvalue weighted by Gasteiger charge is -2.35. The van der Waals surface area contributed by atoms with Crippen LogP contribution in [0.15, 0.2) is 0 Å². The summed E-state index contributed by atoms with van der Waals surface area (Å²) < 4.78 is 0. The van der Waals surface area contributed by atoms with E-state index in [2.05, 4.69) is 10.2 Å². The van der Waals surface area contributed by atoms with Crippen LogP contribution in [-0.4, -0.2) is 78.5 Å². The predicted molar refractivity (Wildman–Crippen MR) is 75.4 cm³/mol. The second-order valence-electron chi connectivity index (χ2n) is 6.07. The van der Waals surface area contributed by atoms with Crippen molar-refractivity contribution >= 4 is 11.9 Å². The van der Waals surface area contributed by atoms with Crippen molar-refractivity contribution in [3.05, 3.63) is 0 Å². The molecule has 2 aliphatic heterocycles. The molecular weight excluding hydrogens is 256 g/mol. The highest BCUT2D eigenvalue weighted by Crippen LogP contribution is 2.19. The van der Waals surface area contributed by atoms with Crippen LogP contribution in [-0.2, 0) is 4.79 Å². The minimum atomic E-state index is 0.0409. The Bertz CT molecular complexity index is 369. The first-order chi connectivity index (χ1) is 9.72. The Morgan fingerprint density at radius 3 is 2.10 bits per heavy atom. The summed E-state index contributed by atoms with van der Waals surface area (Å²) in [6, 6.07) is 0.441. The van der Waals surface area contributed by atoms with Crippen LogP contribution in [0.1, 0.15) is 25.7 Å². The van der Waals surface area contributed by atoms with Crippen LogP contribution in [0.2, 0.25) is 0 Å². The molecule has 0 bridgehead atoms. The first-order valence-electron chi connectivity index (χ1n) is 7.78. The summed E-state index contributed by atoms with van der Waals surface area (Å²) >= 11 is 0. The third-order valence-electron chi connectivity index (χ3n) is 4.38. The van der Waals surface area contributed by atoms with Crippen molar-refractivity contribution in [3.8, 4) is 0 Å². The summed E-state index contributed by atoms with van der Waals surface area (Å²) in [6.07, 6.45) is 4.64. The molecule has 1 aliphatic carbocycles. The smallest absolute Gasteiger partial charge is 0.317 e. The minimum Gasteiger partial charge on any atom is -0.338 e. The van der Waals surface area contributed by atoms with Gasteiger partial charge in [0, 0.05) is 32.2 Å². The van der Waals surface area contributed by atoms with E-state index >= 15 is 0 Å². The molecule has 0 aromatic carbocycles. The van der Waals surface area contributed by atoms with Crippen molar-refractivity contribution in [2.75, 3.05) is 45.8 Å². The van der Waals surface area contributed by atoms with Gasteiger partial charge in [-0.15, -0.1) is 0 Å². The van der Waals surface area contributed by atoms with Gasteiger partial charge < -0.3 is 15.1 Å². The quantitative estimate of drug-likeness (QED) is 0.797. The molecule has 20 heavy (non-hydrogen) atoms. The van der Waals surface area contributed by atoms with Crippen LogP contribution in [0.25, 0.3) is 0 Å². The largest absolute Gasteiger partial charge is 0.338 e. The van der Waals surface area contributed by atoms with Crippen LogP contribution in [0.4, 0.5) is 4.79 Å². The standard InChI is InChI=1S/C14H24N4O2/c19-13(11-16-5-1-2-6-16)17-7-9-18(10-8-17)14(20)15-12-3-4-12/h12H,1-11H2,(H,15,20). The van der Waals surface area contributed by atoms with Gasteiger partial charge in [0.25, 0.3) is 0 Å². The summed E-state index contributed by atoms with van der Waals surface area (Å²) in [5.41, 5.74) is 0. The van der Waals surface area contributed by atoms with Crippen molar-refractivity contribution in [1.29, 1.82) is 0 Å². The van der Waals surface area contributed by atoms with Crippen molar-refractivity contribution in [1.82, 2.24) is 20.0 Å². The Kier molecular flexibility index (Phi) is 4.10. The van der Waals surface area contributed by atoms with Crippen LogP contribution in [0, 0.1) is 0 Å². The van der Waals surface area contributed by atoms with Gasteiger partial charge in [0.2, 0.25) is 5.91 Å². The number of carbonyl (C=O) groups excluding carboxylic acids is 2. The zero-order valence-electron chi connectivity index (χ0n) is 12.0.